The highest BCUT2D eigenvalue weighted by Crippen LogP contribution is 2.38. The number of aromatic hydroxyl groups is 2. The third-order valence-electron chi connectivity index (χ3n) is 3.57. The Bertz CT molecular complexity index is 708. The van der Waals surface area contributed by atoms with E-state index in [9.17, 15) is 15.0 Å². The van der Waals surface area contributed by atoms with E-state index in [2.05, 4.69) is 0 Å². The minimum Gasteiger partial charge on any atom is -0.508 e. The van der Waals surface area contributed by atoms with Crippen molar-refractivity contribution < 1.29 is 24.5 Å². The highest BCUT2D eigenvalue weighted by molar-refractivity contribution is 6.04. The van der Waals surface area contributed by atoms with Crippen molar-refractivity contribution in [2.45, 2.75) is 5.92 Å². The van der Waals surface area contributed by atoms with Crippen LogP contribution in [0.5, 0.6) is 23.0 Å². The molecule has 1 aliphatic heterocycles. The Hall–Kier alpha value is -2.69. The van der Waals surface area contributed by atoms with Gasteiger partial charge in [-0.1, -0.05) is 6.07 Å². The lowest BCUT2D eigenvalue weighted by Gasteiger charge is -2.25. The number of phenols is 2. The van der Waals surface area contributed by atoms with E-state index in [-0.39, 0.29) is 23.9 Å². The second-order valence-electron chi connectivity index (χ2n) is 4.83. The molecule has 0 radical (unpaired) electrons. The number of hydrogen-bond acceptors (Lipinski definition) is 5. The van der Waals surface area contributed by atoms with Gasteiger partial charge in [-0.2, -0.15) is 0 Å². The number of methoxy groups -OCH3 is 1. The zero-order valence-corrected chi connectivity index (χ0v) is 11.4. The maximum atomic E-state index is 12.5. The third-order valence-corrected chi connectivity index (χ3v) is 3.57. The van der Waals surface area contributed by atoms with Gasteiger partial charge in [0.25, 0.3) is 0 Å². The van der Waals surface area contributed by atoms with Gasteiger partial charge in [0.2, 0.25) is 0 Å². The number of hydrogen-bond donors (Lipinski definition) is 2. The van der Waals surface area contributed by atoms with Crippen LogP contribution in [0.4, 0.5) is 0 Å². The van der Waals surface area contributed by atoms with Gasteiger partial charge in [0.15, 0.2) is 5.78 Å². The van der Waals surface area contributed by atoms with E-state index in [1.54, 1.807) is 12.1 Å². The molecule has 0 spiro atoms. The first kappa shape index (κ1) is 13.3. The Labute approximate surface area is 121 Å². The quantitative estimate of drug-likeness (QED) is 0.887. The molecule has 0 bridgehead atoms. The van der Waals surface area contributed by atoms with Crippen molar-refractivity contribution in [3.05, 3.63) is 47.5 Å². The van der Waals surface area contributed by atoms with Crippen molar-refractivity contribution >= 4 is 5.78 Å². The van der Waals surface area contributed by atoms with Crippen molar-refractivity contribution in [2.24, 2.45) is 0 Å². The number of ketones is 1. The van der Waals surface area contributed by atoms with Crippen LogP contribution in [0.25, 0.3) is 0 Å². The summed E-state index contributed by atoms with van der Waals surface area (Å²) >= 11 is 0. The average Bonchev–Trinajstić information content (AvgIpc) is 2.48. The maximum Gasteiger partial charge on any atom is 0.177 e. The van der Waals surface area contributed by atoms with Gasteiger partial charge in [-0.05, 0) is 18.2 Å². The molecule has 0 fully saturated rings. The number of fused-ring (bicyclic) bond motifs is 1. The summed E-state index contributed by atoms with van der Waals surface area (Å²) in [5.41, 5.74) is 0.902. The van der Waals surface area contributed by atoms with Crippen LogP contribution in [0.15, 0.2) is 36.4 Å². The van der Waals surface area contributed by atoms with E-state index in [1.807, 2.05) is 0 Å². The first-order valence-corrected chi connectivity index (χ1v) is 6.47. The first-order valence-electron chi connectivity index (χ1n) is 6.47. The first-order chi connectivity index (χ1) is 10.1. The molecule has 21 heavy (non-hydrogen) atoms. The molecular formula is C16H14O5. The number of benzene rings is 2. The standard InChI is InChI=1S/C16H14O5/c1-20-10-3-5-11(14(18)7-10)13-8-21-15-6-9(17)2-4-12(15)16(13)19/h2-7,13,17-18H,8H2,1H3/t13-/m0/s1. The molecule has 0 saturated carbocycles. The van der Waals surface area contributed by atoms with Crippen molar-refractivity contribution in [2.75, 3.05) is 13.7 Å². The number of ether oxygens (including phenoxy) is 2. The molecule has 1 atom stereocenters. The fraction of sp³-hybridized carbons (Fsp3) is 0.188. The number of carbonyl (C=O) groups is 1. The lowest BCUT2D eigenvalue weighted by atomic mass is 9.88. The molecule has 0 amide bonds. The summed E-state index contributed by atoms with van der Waals surface area (Å²) in [6.07, 6.45) is 0. The molecule has 0 unspecified atom stereocenters. The lowest BCUT2D eigenvalue weighted by Crippen LogP contribution is -2.26. The number of Topliss-reactive ketones (excluding diaryl/α,β-unsaturated/α-hetero) is 1. The third kappa shape index (κ3) is 2.27. The molecule has 0 saturated heterocycles. The van der Waals surface area contributed by atoms with Crippen molar-refractivity contribution in [3.63, 3.8) is 0 Å². The molecule has 5 heteroatoms. The van der Waals surface area contributed by atoms with E-state index in [0.29, 0.717) is 22.6 Å². The highest BCUT2D eigenvalue weighted by Gasteiger charge is 2.32. The molecule has 2 aromatic rings. The van der Waals surface area contributed by atoms with Crippen LogP contribution in [0.2, 0.25) is 0 Å². The van der Waals surface area contributed by atoms with E-state index in [0.717, 1.165) is 0 Å². The molecule has 1 aliphatic rings. The highest BCUT2D eigenvalue weighted by atomic mass is 16.5. The Kier molecular flexibility index (Phi) is 3.17. The van der Waals surface area contributed by atoms with Gasteiger partial charge in [0, 0.05) is 17.7 Å². The van der Waals surface area contributed by atoms with Gasteiger partial charge >= 0.3 is 0 Å². The second-order valence-corrected chi connectivity index (χ2v) is 4.83. The van der Waals surface area contributed by atoms with Crippen LogP contribution in [0.1, 0.15) is 21.8 Å². The molecule has 108 valence electrons. The summed E-state index contributed by atoms with van der Waals surface area (Å²) in [6.45, 7) is 0.120. The van der Waals surface area contributed by atoms with Crippen LogP contribution in [0.3, 0.4) is 0 Å². The zero-order valence-electron chi connectivity index (χ0n) is 11.4. The van der Waals surface area contributed by atoms with Crippen LogP contribution in [0, 0.1) is 0 Å². The van der Waals surface area contributed by atoms with Crippen molar-refractivity contribution in [1.82, 2.24) is 0 Å². The molecule has 0 aromatic heterocycles. The fourth-order valence-electron chi connectivity index (χ4n) is 2.45. The number of carbonyl (C=O) groups excluding carboxylic acids is 1. The minimum atomic E-state index is -0.576. The van der Waals surface area contributed by atoms with Gasteiger partial charge in [-0.15, -0.1) is 0 Å². The molecule has 2 aromatic carbocycles. The Morgan fingerprint density at radius 1 is 1.19 bits per heavy atom. The summed E-state index contributed by atoms with van der Waals surface area (Å²) in [6, 6.07) is 9.20. The van der Waals surface area contributed by atoms with Crippen LogP contribution in [-0.2, 0) is 0 Å². The smallest absolute Gasteiger partial charge is 0.177 e. The summed E-state index contributed by atoms with van der Waals surface area (Å²) in [4.78, 5) is 12.5. The molecule has 3 rings (SSSR count). The van der Waals surface area contributed by atoms with E-state index in [4.69, 9.17) is 9.47 Å². The zero-order chi connectivity index (χ0) is 15.0. The minimum absolute atomic E-state index is 0.00136. The van der Waals surface area contributed by atoms with Crippen molar-refractivity contribution in [3.8, 4) is 23.0 Å². The predicted molar refractivity (Wildman–Crippen MR) is 75.3 cm³/mol. The number of rotatable bonds is 2. The molecule has 0 aliphatic carbocycles. The Morgan fingerprint density at radius 3 is 2.71 bits per heavy atom. The monoisotopic (exact) mass is 286 g/mol. The average molecular weight is 286 g/mol. The van der Waals surface area contributed by atoms with Crippen LogP contribution < -0.4 is 9.47 Å². The fourth-order valence-corrected chi connectivity index (χ4v) is 2.45. The van der Waals surface area contributed by atoms with E-state index in [1.165, 1.54) is 31.4 Å². The second kappa shape index (κ2) is 5.01. The van der Waals surface area contributed by atoms with Crippen LogP contribution in [-0.4, -0.2) is 29.7 Å². The van der Waals surface area contributed by atoms with Gasteiger partial charge in [-0.3, -0.25) is 4.79 Å². The summed E-state index contributed by atoms with van der Waals surface area (Å²) in [7, 11) is 1.51. The SMILES string of the molecule is COc1ccc([C@@H]2COc3cc(O)ccc3C2=O)c(O)c1. The van der Waals surface area contributed by atoms with Gasteiger partial charge < -0.3 is 19.7 Å². The summed E-state index contributed by atoms with van der Waals surface area (Å²) < 4.78 is 10.6. The Morgan fingerprint density at radius 2 is 2.00 bits per heavy atom. The molecule has 2 N–H and O–H groups in total. The lowest BCUT2D eigenvalue weighted by molar-refractivity contribution is 0.0894. The van der Waals surface area contributed by atoms with Gasteiger partial charge in [0.1, 0.15) is 29.6 Å². The van der Waals surface area contributed by atoms with Gasteiger partial charge in [-0.25, -0.2) is 0 Å². The Balaban J connectivity index is 1.98. The maximum absolute atomic E-state index is 12.5. The van der Waals surface area contributed by atoms with E-state index < -0.39 is 5.92 Å². The number of phenolic OH excluding ortho intramolecular Hbond substituents is 2. The predicted octanol–water partition coefficient (Wildman–Crippen LogP) is 2.47. The van der Waals surface area contributed by atoms with Gasteiger partial charge in [0.05, 0.1) is 18.6 Å². The largest absolute Gasteiger partial charge is 0.508 e. The molecular weight excluding hydrogens is 272 g/mol. The topological polar surface area (TPSA) is 76.0 Å². The summed E-state index contributed by atoms with van der Waals surface area (Å²) in [5, 5.41) is 19.5. The molecule has 1 heterocycles. The van der Waals surface area contributed by atoms with E-state index >= 15 is 0 Å². The summed E-state index contributed by atoms with van der Waals surface area (Å²) in [5.74, 6) is 0.213. The normalized spacial score (nSPS) is 17.0. The molecule has 5 nitrogen and oxygen atoms in total. The van der Waals surface area contributed by atoms with Crippen LogP contribution >= 0.6 is 0 Å². The van der Waals surface area contributed by atoms with Crippen molar-refractivity contribution in [1.29, 1.82) is 0 Å².